The molecule has 0 spiro atoms. The molecule has 1 heterocycles. The van der Waals surface area contributed by atoms with Gasteiger partial charge in [0, 0.05) is 16.9 Å². The summed E-state index contributed by atoms with van der Waals surface area (Å²) in [4.78, 5) is 0. The van der Waals surface area contributed by atoms with Crippen LogP contribution in [0.5, 0.6) is 5.75 Å². The van der Waals surface area contributed by atoms with Crippen LogP contribution in [0.2, 0.25) is 5.02 Å². The molecule has 0 bridgehead atoms. The molecule has 7 heteroatoms. The minimum absolute atomic E-state index is 0.388. The molecule has 2 unspecified atom stereocenters. The summed E-state index contributed by atoms with van der Waals surface area (Å²) in [6.07, 6.45) is -1.06. The fourth-order valence-corrected chi connectivity index (χ4v) is 5.46. The molecule has 1 saturated heterocycles. The molecule has 2 saturated carbocycles. The number of rotatable bonds is 6. The average molecular weight is 461 g/mol. The number of benzene rings is 2. The Labute approximate surface area is 192 Å². The van der Waals surface area contributed by atoms with Gasteiger partial charge in [-0.25, -0.2) is 0 Å². The molecular weight excluding hydrogens is 432 g/mol. The first kappa shape index (κ1) is 22.1. The van der Waals surface area contributed by atoms with Gasteiger partial charge in [0.15, 0.2) is 0 Å². The van der Waals surface area contributed by atoms with Crippen molar-refractivity contribution in [2.75, 3.05) is 6.61 Å². The predicted octanol–water partition coefficient (Wildman–Crippen LogP) is 2.62. The van der Waals surface area contributed by atoms with E-state index in [4.69, 9.17) is 21.1 Å². The first-order chi connectivity index (χ1) is 15.5. The summed E-state index contributed by atoms with van der Waals surface area (Å²) in [5.41, 5.74) is 2.55. The van der Waals surface area contributed by atoms with Crippen molar-refractivity contribution in [3.05, 3.63) is 64.2 Å². The van der Waals surface area contributed by atoms with E-state index in [1.165, 1.54) is 19.3 Å². The van der Waals surface area contributed by atoms with Gasteiger partial charge in [-0.1, -0.05) is 42.3 Å². The van der Waals surface area contributed by atoms with Crippen LogP contribution >= 0.6 is 11.6 Å². The van der Waals surface area contributed by atoms with Gasteiger partial charge in [-0.05, 0) is 54.2 Å². The van der Waals surface area contributed by atoms with E-state index < -0.39 is 37.1 Å². The molecule has 0 aromatic heterocycles. The van der Waals surface area contributed by atoms with Crippen LogP contribution in [0.15, 0.2) is 42.5 Å². The van der Waals surface area contributed by atoms with Crippen molar-refractivity contribution in [1.29, 1.82) is 0 Å². The Kier molecular flexibility index (Phi) is 6.18. The summed E-state index contributed by atoms with van der Waals surface area (Å²) in [7, 11) is 0. The van der Waals surface area contributed by atoms with Crippen LogP contribution in [0.25, 0.3) is 0 Å². The molecule has 3 fully saturated rings. The molecule has 2 aromatic rings. The van der Waals surface area contributed by atoms with Crippen molar-refractivity contribution in [2.24, 2.45) is 11.8 Å². The molecule has 2 aromatic carbocycles. The minimum Gasteiger partial charge on any atom is -0.490 e. The Balaban J connectivity index is 1.29. The number of aliphatic hydroxyl groups excluding tert-OH is 4. The van der Waals surface area contributed by atoms with Gasteiger partial charge in [0.2, 0.25) is 0 Å². The van der Waals surface area contributed by atoms with Gasteiger partial charge in [0.25, 0.3) is 0 Å². The largest absolute Gasteiger partial charge is 0.490 e. The van der Waals surface area contributed by atoms with Crippen molar-refractivity contribution in [2.45, 2.75) is 62.3 Å². The van der Waals surface area contributed by atoms with Crippen molar-refractivity contribution < 1.29 is 29.9 Å². The topological polar surface area (TPSA) is 99.4 Å². The maximum absolute atomic E-state index is 10.4. The van der Waals surface area contributed by atoms with Crippen LogP contribution < -0.4 is 4.74 Å². The highest BCUT2D eigenvalue weighted by Crippen LogP contribution is 2.53. The number of fused-ring (bicyclic) bond motifs is 1. The molecular formula is C25H29ClO6. The van der Waals surface area contributed by atoms with E-state index in [0.717, 1.165) is 28.7 Å². The van der Waals surface area contributed by atoms with Crippen LogP contribution in [0.3, 0.4) is 0 Å². The molecule has 172 valence electrons. The van der Waals surface area contributed by atoms with E-state index in [1.807, 2.05) is 30.3 Å². The number of hydrogen-bond donors (Lipinski definition) is 4. The fourth-order valence-electron chi connectivity index (χ4n) is 5.28. The summed E-state index contributed by atoms with van der Waals surface area (Å²) in [6.45, 7) is -0.460. The predicted molar refractivity (Wildman–Crippen MR) is 119 cm³/mol. The highest BCUT2D eigenvalue weighted by atomic mass is 35.5. The van der Waals surface area contributed by atoms with Crippen molar-refractivity contribution in [1.82, 2.24) is 0 Å². The van der Waals surface area contributed by atoms with Gasteiger partial charge in [0.05, 0.1) is 6.61 Å². The lowest BCUT2D eigenvalue weighted by Gasteiger charge is -2.40. The summed E-state index contributed by atoms with van der Waals surface area (Å²) >= 11 is 6.43. The molecule has 32 heavy (non-hydrogen) atoms. The third-order valence-corrected chi connectivity index (χ3v) is 7.58. The van der Waals surface area contributed by atoms with E-state index >= 15 is 0 Å². The van der Waals surface area contributed by atoms with Gasteiger partial charge in [-0.3, -0.25) is 0 Å². The van der Waals surface area contributed by atoms with Gasteiger partial charge < -0.3 is 29.9 Å². The lowest BCUT2D eigenvalue weighted by atomic mass is 9.90. The second kappa shape index (κ2) is 8.93. The maximum Gasteiger partial charge on any atom is 0.119 e. The number of aliphatic hydroxyl groups is 4. The summed E-state index contributed by atoms with van der Waals surface area (Å²) < 4.78 is 11.8. The van der Waals surface area contributed by atoms with Crippen molar-refractivity contribution in [3.8, 4) is 5.75 Å². The Morgan fingerprint density at radius 2 is 1.66 bits per heavy atom. The smallest absolute Gasteiger partial charge is 0.119 e. The van der Waals surface area contributed by atoms with E-state index in [0.29, 0.717) is 23.1 Å². The normalized spacial score (nSPS) is 36.0. The molecule has 4 N–H and O–H groups in total. The molecule has 3 aliphatic rings. The van der Waals surface area contributed by atoms with E-state index in [9.17, 15) is 20.4 Å². The Morgan fingerprint density at radius 3 is 2.34 bits per heavy atom. The zero-order chi connectivity index (χ0) is 22.4. The highest BCUT2D eigenvalue weighted by Gasteiger charge is 2.54. The minimum atomic E-state index is -1.41. The molecule has 0 amide bonds. The number of ether oxygens (including phenoxy) is 2. The SMILES string of the molecule is OC[C@H]1O[C@H](c2ccc(Cl)c(Cc3ccc(OC4C5CCCC54)cc3)c2)[C@H](O)[C@@H](O)[C@@H]1O. The Bertz CT molecular complexity index is 938. The first-order valence-corrected chi connectivity index (χ1v) is 11.7. The second-order valence-corrected chi connectivity index (χ2v) is 9.67. The summed E-state index contributed by atoms with van der Waals surface area (Å²) in [5.74, 6) is 2.39. The summed E-state index contributed by atoms with van der Waals surface area (Å²) in [5, 5.41) is 40.6. The Morgan fingerprint density at radius 1 is 0.938 bits per heavy atom. The maximum atomic E-state index is 10.4. The molecule has 1 aliphatic heterocycles. The number of hydrogen-bond acceptors (Lipinski definition) is 6. The van der Waals surface area contributed by atoms with Gasteiger partial charge >= 0.3 is 0 Å². The lowest BCUT2D eigenvalue weighted by Crippen LogP contribution is -2.55. The monoisotopic (exact) mass is 460 g/mol. The second-order valence-electron chi connectivity index (χ2n) is 9.26. The van der Waals surface area contributed by atoms with Crippen molar-refractivity contribution >= 4 is 11.6 Å². The van der Waals surface area contributed by atoms with E-state index in [-0.39, 0.29) is 0 Å². The first-order valence-electron chi connectivity index (χ1n) is 11.3. The van der Waals surface area contributed by atoms with Crippen LogP contribution in [-0.4, -0.2) is 57.6 Å². The van der Waals surface area contributed by atoms with Crippen molar-refractivity contribution in [3.63, 3.8) is 0 Å². The van der Waals surface area contributed by atoms with Crippen LogP contribution in [-0.2, 0) is 11.2 Å². The van der Waals surface area contributed by atoms with Crippen LogP contribution in [0.4, 0.5) is 0 Å². The van der Waals surface area contributed by atoms with Crippen LogP contribution in [0, 0.1) is 11.8 Å². The molecule has 5 rings (SSSR count). The highest BCUT2D eigenvalue weighted by molar-refractivity contribution is 6.31. The van der Waals surface area contributed by atoms with Gasteiger partial charge in [0.1, 0.15) is 42.4 Å². The molecule has 7 atom stereocenters. The Hall–Kier alpha value is -1.67. The third-order valence-electron chi connectivity index (χ3n) is 7.21. The summed E-state index contributed by atoms with van der Waals surface area (Å²) in [6, 6.07) is 13.4. The zero-order valence-corrected chi connectivity index (χ0v) is 18.4. The average Bonchev–Trinajstić information content (AvgIpc) is 3.20. The molecule has 6 nitrogen and oxygen atoms in total. The van der Waals surface area contributed by atoms with E-state index in [2.05, 4.69) is 0 Å². The quantitative estimate of drug-likeness (QED) is 0.529. The number of halogens is 1. The van der Waals surface area contributed by atoms with Gasteiger partial charge in [-0.2, -0.15) is 0 Å². The lowest BCUT2D eigenvalue weighted by molar-refractivity contribution is -0.231. The fraction of sp³-hybridized carbons (Fsp3) is 0.520. The third kappa shape index (κ3) is 4.16. The zero-order valence-electron chi connectivity index (χ0n) is 17.7. The van der Waals surface area contributed by atoms with Crippen LogP contribution in [0.1, 0.15) is 42.1 Å². The molecule has 2 aliphatic carbocycles. The molecule has 0 radical (unpaired) electrons. The van der Waals surface area contributed by atoms with E-state index in [1.54, 1.807) is 12.1 Å². The standard InChI is InChI=1S/C25H29ClO6/c26-19-9-6-14(24-23(30)22(29)21(28)20(12-27)32-24)11-15(19)10-13-4-7-16(8-5-13)31-25-17-2-1-3-18(17)25/h4-9,11,17-18,20-25,27-30H,1-3,10,12H2/t17?,18?,20-,21-,22+,23-,24-,25?/m1/s1. The van der Waals surface area contributed by atoms with Gasteiger partial charge in [-0.15, -0.1) is 0 Å².